The third-order valence-electron chi connectivity index (χ3n) is 0.970. The van der Waals surface area contributed by atoms with Crippen LogP contribution in [0.15, 0.2) is 0 Å². The van der Waals surface area contributed by atoms with Crippen molar-refractivity contribution in [1.82, 2.24) is 4.90 Å². The van der Waals surface area contributed by atoms with E-state index < -0.39 is 12.1 Å². The van der Waals surface area contributed by atoms with Crippen molar-refractivity contribution in [2.75, 3.05) is 28.2 Å². The number of hydrogen-bond donors (Lipinski definition) is 0. The van der Waals surface area contributed by atoms with Gasteiger partial charge in [0.2, 0.25) is 0 Å². The quantitative estimate of drug-likeness (QED) is 0.256. The van der Waals surface area contributed by atoms with Gasteiger partial charge in [-0.2, -0.15) is 13.2 Å². The maximum absolute atomic E-state index is 10.5. The van der Waals surface area contributed by atoms with E-state index in [4.69, 9.17) is 21.5 Å². The Morgan fingerprint density at radius 1 is 1.33 bits per heavy atom. The fraction of sp³-hybridized carbons (Fsp3) is 0.714. The van der Waals surface area contributed by atoms with Gasteiger partial charge < -0.3 is 9.90 Å². The SMILES string of the molecule is CN(C)C(Cl)=[N+](C)C.O=C([O-])C(F)(F)F. The molecule has 0 spiro atoms. The molecule has 0 unspecified atom stereocenters. The zero-order valence-electron chi connectivity index (χ0n) is 8.72. The number of aliphatic carboxylic acids is 1. The van der Waals surface area contributed by atoms with Crippen LogP contribution in [0, 0.1) is 0 Å². The lowest BCUT2D eigenvalue weighted by Gasteiger charge is -2.03. The monoisotopic (exact) mass is 248 g/mol. The highest BCUT2D eigenvalue weighted by molar-refractivity contribution is 6.62. The van der Waals surface area contributed by atoms with Crippen LogP contribution in [0.25, 0.3) is 0 Å². The maximum atomic E-state index is 10.5. The molecule has 0 radical (unpaired) electrons. The van der Waals surface area contributed by atoms with Gasteiger partial charge in [-0.05, 0) is 0 Å². The van der Waals surface area contributed by atoms with Crippen LogP contribution < -0.4 is 5.11 Å². The van der Waals surface area contributed by atoms with Gasteiger partial charge >= 0.3 is 11.5 Å². The highest BCUT2D eigenvalue weighted by Crippen LogP contribution is 2.11. The summed E-state index contributed by atoms with van der Waals surface area (Å²) in [6, 6.07) is 0. The van der Waals surface area contributed by atoms with E-state index in [0.29, 0.717) is 0 Å². The van der Waals surface area contributed by atoms with Crippen molar-refractivity contribution >= 4 is 22.9 Å². The minimum absolute atomic E-state index is 0.741. The predicted octanol–water partition coefficient (Wildman–Crippen LogP) is -0.287. The largest absolute Gasteiger partial charge is 0.542 e. The van der Waals surface area contributed by atoms with E-state index in [0.717, 1.165) is 5.29 Å². The lowest BCUT2D eigenvalue weighted by molar-refractivity contribution is -0.466. The summed E-state index contributed by atoms with van der Waals surface area (Å²) in [5, 5.41) is 9.53. The first-order valence-electron chi connectivity index (χ1n) is 3.65. The van der Waals surface area contributed by atoms with Gasteiger partial charge in [-0.1, -0.05) is 0 Å². The van der Waals surface area contributed by atoms with E-state index in [2.05, 4.69) is 0 Å². The van der Waals surface area contributed by atoms with Crippen LogP contribution in [0.3, 0.4) is 0 Å². The molecule has 0 aliphatic carbocycles. The molecular weight excluding hydrogens is 237 g/mol. The van der Waals surface area contributed by atoms with Gasteiger partial charge in [0.1, 0.15) is 5.97 Å². The standard InChI is InChI=1S/C5H12ClN2.C2HF3O2/c1-7(2)5(6)8(3)4;3-2(4,5)1(6)7/h1-4H3;(H,6,7)/q+1;/p-1. The molecule has 90 valence electrons. The number of rotatable bonds is 0. The molecule has 0 atom stereocenters. The van der Waals surface area contributed by atoms with Crippen LogP contribution in [0.4, 0.5) is 13.2 Å². The topological polar surface area (TPSA) is 46.4 Å². The van der Waals surface area contributed by atoms with E-state index in [1.807, 2.05) is 37.7 Å². The average Bonchev–Trinajstić information content (AvgIpc) is 2.01. The first kappa shape index (κ1) is 16.4. The Bertz CT molecular complexity index is 247. The van der Waals surface area contributed by atoms with Gasteiger partial charge in [-0.3, -0.25) is 9.48 Å². The third-order valence-corrected chi connectivity index (χ3v) is 1.65. The molecule has 0 amide bonds. The average molecular weight is 249 g/mol. The fourth-order valence-electron chi connectivity index (χ4n) is 0.400. The van der Waals surface area contributed by atoms with Crippen LogP contribution in [0.2, 0.25) is 0 Å². The summed E-state index contributed by atoms with van der Waals surface area (Å²) < 4.78 is 33.4. The number of carboxylic acid groups (broad SMARTS) is 1. The first-order chi connectivity index (χ1) is 6.50. The predicted molar refractivity (Wildman–Crippen MR) is 47.7 cm³/mol. The number of carboxylic acids is 1. The zero-order chi connectivity index (χ0) is 12.8. The van der Waals surface area contributed by atoms with Gasteiger partial charge in [0.05, 0.1) is 28.2 Å². The molecule has 15 heavy (non-hydrogen) atoms. The van der Waals surface area contributed by atoms with Gasteiger partial charge in [0.25, 0.3) is 0 Å². The number of nitrogens with zero attached hydrogens (tertiary/aromatic N) is 2. The Morgan fingerprint density at radius 2 is 1.60 bits per heavy atom. The number of alkyl halides is 3. The molecule has 0 bridgehead atoms. The van der Waals surface area contributed by atoms with Crippen LogP contribution in [0.5, 0.6) is 0 Å². The normalized spacial score (nSPS) is 9.87. The summed E-state index contributed by atoms with van der Waals surface area (Å²) in [4.78, 5) is 10.6. The number of carbonyl (C=O) groups excluding carboxylic acids is 1. The first-order valence-corrected chi connectivity index (χ1v) is 4.03. The van der Waals surface area contributed by atoms with Crippen LogP contribution in [-0.2, 0) is 4.79 Å². The Morgan fingerprint density at radius 3 is 1.60 bits per heavy atom. The highest BCUT2D eigenvalue weighted by Gasteiger charge is 2.28. The fourth-order valence-corrected chi connectivity index (χ4v) is 0.400. The van der Waals surface area contributed by atoms with E-state index in [1.165, 1.54) is 0 Å². The molecule has 0 aliphatic heterocycles. The Balaban J connectivity index is 0. The molecule has 0 aromatic rings. The molecule has 4 nitrogen and oxygen atoms in total. The second kappa shape index (κ2) is 6.49. The van der Waals surface area contributed by atoms with E-state index in [-0.39, 0.29) is 0 Å². The molecule has 0 aromatic heterocycles. The molecule has 0 saturated carbocycles. The van der Waals surface area contributed by atoms with Crippen molar-refractivity contribution in [3.05, 3.63) is 0 Å². The summed E-state index contributed by atoms with van der Waals surface area (Å²) in [6.07, 6.45) is -5.19. The summed E-state index contributed by atoms with van der Waals surface area (Å²) in [5.74, 6) is -3.01. The summed E-state index contributed by atoms with van der Waals surface area (Å²) in [5.41, 5.74) is 0. The van der Waals surface area contributed by atoms with E-state index in [1.54, 1.807) is 0 Å². The van der Waals surface area contributed by atoms with Crippen molar-refractivity contribution in [2.24, 2.45) is 0 Å². The summed E-state index contributed by atoms with van der Waals surface area (Å²) in [7, 11) is 7.62. The van der Waals surface area contributed by atoms with Crippen molar-refractivity contribution in [1.29, 1.82) is 0 Å². The molecule has 0 fully saturated rings. The molecule has 8 heteroatoms. The molecule has 0 heterocycles. The molecule has 0 aromatic carbocycles. The minimum atomic E-state index is -5.19. The van der Waals surface area contributed by atoms with Gasteiger partial charge in [-0.25, -0.2) is 0 Å². The summed E-state index contributed by atoms with van der Waals surface area (Å²) in [6.45, 7) is 0. The second-order valence-electron chi connectivity index (χ2n) is 2.84. The lowest BCUT2D eigenvalue weighted by Crippen LogP contribution is -2.37. The van der Waals surface area contributed by atoms with Gasteiger partial charge in [-0.15, -0.1) is 0 Å². The second-order valence-corrected chi connectivity index (χ2v) is 3.18. The number of carbonyl (C=O) groups is 1. The Labute approximate surface area is 90.6 Å². The van der Waals surface area contributed by atoms with Crippen molar-refractivity contribution in [2.45, 2.75) is 6.18 Å². The minimum Gasteiger partial charge on any atom is -0.542 e. The van der Waals surface area contributed by atoms with E-state index in [9.17, 15) is 13.2 Å². The number of halogens is 4. The lowest BCUT2D eigenvalue weighted by atomic mass is 10.7. The highest BCUT2D eigenvalue weighted by atomic mass is 35.5. The molecular formula is C7H12ClF3N2O2. The van der Waals surface area contributed by atoms with Crippen LogP contribution in [-0.4, -0.2) is 55.1 Å². The summed E-state index contributed by atoms with van der Waals surface area (Å²) >= 11 is 5.72. The molecule has 0 N–H and O–H groups in total. The third kappa shape index (κ3) is 9.33. The smallest absolute Gasteiger partial charge is 0.430 e. The van der Waals surface area contributed by atoms with E-state index >= 15 is 0 Å². The zero-order valence-corrected chi connectivity index (χ0v) is 9.48. The van der Waals surface area contributed by atoms with Crippen LogP contribution in [0.1, 0.15) is 0 Å². The maximum Gasteiger partial charge on any atom is 0.430 e. The molecule has 0 aliphatic rings. The van der Waals surface area contributed by atoms with Crippen LogP contribution >= 0.6 is 11.6 Å². The molecule has 0 saturated heterocycles. The van der Waals surface area contributed by atoms with Gasteiger partial charge in [0.15, 0.2) is 0 Å². The van der Waals surface area contributed by atoms with Crippen molar-refractivity contribution in [3.63, 3.8) is 0 Å². The Kier molecular flexibility index (Phi) is 7.12. The molecule has 0 rings (SSSR count). The van der Waals surface area contributed by atoms with Crippen molar-refractivity contribution < 1.29 is 27.6 Å². The van der Waals surface area contributed by atoms with Gasteiger partial charge in [0, 0.05) is 11.6 Å². The van der Waals surface area contributed by atoms with Crippen molar-refractivity contribution in [3.8, 4) is 0 Å². The Hall–Kier alpha value is -0.980. The number of amidine groups is 1. The number of hydrogen-bond acceptors (Lipinski definition) is 2.